The summed E-state index contributed by atoms with van der Waals surface area (Å²) in [5.74, 6) is -0.682. The molecule has 0 aliphatic rings. The van der Waals surface area contributed by atoms with Gasteiger partial charge < -0.3 is 10.6 Å². The number of aryl methyl sites for hydroxylation is 1. The Morgan fingerprint density at radius 2 is 1.19 bits per heavy atom. The molecule has 0 aliphatic carbocycles. The van der Waals surface area contributed by atoms with Crippen molar-refractivity contribution in [2.24, 2.45) is 0 Å². The molecular weight excluding hydrogens is 431 g/mol. The van der Waals surface area contributed by atoms with E-state index < -0.39 is 0 Å². The number of hydrogen-bond acceptors (Lipinski definition) is 2. The summed E-state index contributed by atoms with van der Waals surface area (Å²) in [6.45, 7) is 1.90. The second-order valence-electron chi connectivity index (χ2n) is 6.74. The summed E-state index contributed by atoms with van der Waals surface area (Å²) in [5.41, 5.74) is 3.39. The third kappa shape index (κ3) is 6.57. The highest BCUT2D eigenvalue weighted by Gasteiger charge is 2.08. The van der Waals surface area contributed by atoms with Crippen LogP contribution in [0.1, 0.15) is 16.7 Å². The molecule has 4 nitrogen and oxygen atoms in total. The summed E-state index contributed by atoms with van der Waals surface area (Å²) in [5, 5.41) is 6.70. The number of carbonyl (C=O) groups excluding carboxylic acids is 2. The minimum Gasteiger partial charge on any atom is -0.321 e. The zero-order chi connectivity index (χ0) is 22.2. The van der Waals surface area contributed by atoms with Crippen LogP contribution < -0.4 is 10.6 Å². The monoisotopic (exact) mass is 450 g/mol. The lowest BCUT2D eigenvalue weighted by Gasteiger charge is -2.11. The molecule has 0 spiro atoms. The predicted molar refractivity (Wildman–Crippen MR) is 129 cm³/mol. The Morgan fingerprint density at radius 3 is 1.71 bits per heavy atom. The predicted octanol–water partition coefficient (Wildman–Crippen LogP) is 6.61. The number of carbonyl (C=O) groups is 2. The van der Waals surface area contributed by atoms with Gasteiger partial charge in [0.1, 0.15) is 0 Å². The summed E-state index contributed by atoms with van der Waals surface area (Å²) in [6.07, 6.45) is 6.06. The molecule has 0 bridgehead atoms. The number of amides is 2. The highest BCUT2D eigenvalue weighted by atomic mass is 35.5. The maximum Gasteiger partial charge on any atom is 0.248 e. The van der Waals surface area contributed by atoms with Crippen LogP contribution in [0.3, 0.4) is 0 Å². The smallest absolute Gasteiger partial charge is 0.248 e. The van der Waals surface area contributed by atoms with E-state index in [-0.39, 0.29) is 11.8 Å². The molecule has 2 N–H and O–H groups in total. The van der Waals surface area contributed by atoms with Gasteiger partial charge in [-0.1, -0.05) is 65.7 Å². The SMILES string of the molecule is Cc1ccc(NC(=O)/C=C/c2ccccc2Cl)c(NC(=O)/C=C/c2ccccc2Cl)c1. The van der Waals surface area contributed by atoms with Crippen LogP contribution in [-0.4, -0.2) is 11.8 Å². The van der Waals surface area contributed by atoms with E-state index in [2.05, 4.69) is 10.6 Å². The third-order valence-corrected chi connectivity index (χ3v) is 5.02. The van der Waals surface area contributed by atoms with Crippen molar-refractivity contribution in [3.05, 3.63) is 106 Å². The average molecular weight is 451 g/mol. The van der Waals surface area contributed by atoms with Gasteiger partial charge >= 0.3 is 0 Å². The highest BCUT2D eigenvalue weighted by molar-refractivity contribution is 6.32. The molecule has 3 rings (SSSR count). The topological polar surface area (TPSA) is 58.2 Å². The van der Waals surface area contributed by atoms with Gasteiger partial charge in [0.2, 0.25) is 11.8 Å². The van der Waals surface area contributed by atoms with Gasteiger partial charge in [0.05, 0.1) is 11.4 Å². The van der Waals surface area contributed by atoms with Crippen molar-refractivity contribution in [3.8, 4) is 0 Å². The minimum absolute atomic E-state index is 0.340. The van der Waals surface area contributed by atoms with Crippen molar-refractivity contribution in [1.82, 2.24) is 0 Å². The van der Waals surface area contributed by atoms with E-state index in [0.29, 0.717) is 21.4 Å². The van der Waals surface area contributed by atoms with E-state index in [1.807, 2.05) is 49.4 Å². The van der Waals surface area contributed by atoms with E-state index in [0.717, 1.165) is 16.7 Å². The Hall–Kier alpha value is -3.34. The largest absolute Gasteiger partial charge is 0.321 e. The fraction of sp³-hybridized carbons (Fsp3) is 0.0400. The van der Waals surface area contributed by atoms with Crippen molar-refractivity contribution < 1.29 is 9.59 Å². The molecule has 0 saturated carbocycles. The van der Waals surface area contributed by atoms with Crippen molar-refractivity contribution >= 4 is 58.5 Å². The zero-order valence-corrected chi connectivity index (χ0v) is 18.2. The molecule has 0 fully saturated rings. The Bertz CT molecular complexity index is 1170. The lowest BCUT2D eigenvalue weighted by Crippen LogP contribution is -2.14. The molecule has 156 valence electrons. The van der Waals surface area contributed by atoms with Gasteiger partial charge in [-0.2, -0.15) is 0 Å². The Morgan fingerprint density at radius 1 is 0.710 bits per heavy atom. The van der Waals surface area contributed by atoms with Gasteiger partial charge in [0, 0.05) is 22.2 Å². The first-order valence-corrected chi connectivity index (χ1v) is 10.3. The summed E-state index contributed by atoms with van der Waals surface area (Å²) >= 11 is 12.2. The number of benzene rings is 3. The fourth-order valence-corrected chi connectivity index (χ4v) is 3.17. The molecule has 0 aromatic heterocycles. The standard InChI is InChI=1S/C25H20Cl2N2O2/c1-17-10-13-22(28-24(30)14-11-18-6-2-4-8-20(18)26)23(16-17)29-25(31)15-12-19-7-3-5-9-21(19)27/h2-16H,1H3,(H,28,30)(H,29,31)/b14-11+,15-12+. The van der Waals surface area contributed by atoms with E-state index in [4.69, 9.17) is 23.2 Å². The van der Waals surface area contributed by atoms with E-state index in [9.17, 15) is 9.59 Å². The van der Waals surface area contributed by atoms with Crippen LogP contribution in [0.2, 0.25) is 10.0 Å². The molecular formula is C25H20Cl2N2O2. The minimum atomic E-state index is -0.342. The van der Waals surface area contributed by atoms with Crippen LogP contribution in [0.15, 0.2) is 78.9 Å². The van der Waals surface area contributed by atoms with E-state index in [1.54, 1.807) is 36.4 Å². The number of anilines is 2. The van der Waals surface area contributed by atoms with Crippen LogP contribution in [-0.2, 0) is 9.59 Å². The Balaban J connectivity index is 1.71. The van der Waals surface area contributed by atoms with E-state index in [1.165, 1.54) is 12.2 Å². The first-order valence-electron chi connectivity index (χ1n) is 9.50. The maximum absolute atomic E-state index is 12.4. The van der Waals surface area contributed by atoms with Gasteiger partial charge in [-0.25, -0.2) is 0 Å². The van der Waals surface area contributed by atoms with Crippen molar-refractivity contribution in [2.45, 2.75) is 6.92 Å². The second-order valence-corrected chi connectivity index (χ2v) is 7.55. The van der Waals surface area contributed by atoms with Crippen molar-refractivity contribution in [1.29, 1.82) is 0 Å². The summed E-state index contributed by atoms with van der Waals surface area (Å²) < 4.78 is 0. The van der Waals surface area contributed by atoms with Crippen LogP contribution in [0.4, 0.5) is 11.4 Å². The normalized spacial score (nSPS) is 11.1. The summed E-state index contributed by atoms with van der Waals surface area (Å²) in [4.78, 5) is 24.8. The fourth-order valence-electron chi connectivity index (χ4n) is 2.77. The first kappa shape index (κ1) is 22.3. The molecule has 3 aromatic rings. The molecule has 0 saturated heterocycles. The van der Waals surface area contributed by atoms with Crippen LogP contribution in [0, 0.1) is 6.92 Å². The van der Waals surface area contributed by atoms with Crippen LogP contribution in [0.25, 0.3) is 12.2 Å². The maximum atomic E-state index is 12.4. The van der Waals surface area contributed by atoms with Gasteiger partial charge in [-0.15, -0.1) is 0 Å². The Kier molecular flexibility index (Phi) is 7.65. The zero-order valence-electron chi connectivity index (χ0n) is 16.7. The first-order chi connectivity index (χ1) is 14.9. The van der Waals surface area contributed by atoms with E-state index >= 15 is 0 Å². The third-order valence-electron chi connectivity index (χ3n) is 4.33. The van der Waals surface area contributed by atoms with Gasteiger partial charge in [0.25, 0.3) is 0 Å². The molecule has 0 atom stereocenters. The van der Waals surface area contributed by atoms with Gasteiger partial charge in [0.15, 0.2) is 0 Å². The average Bonchev–Trinajstić information content (AvgIpc) is 2.74. The molecule has 6 heteroatoms. The molecule has 3 aromatic carbocycles. The molecule has 0 radical (unpaired) electrons. The number of nitrogens with one attached hydrogen (secondary N) is 2. The van der Waals surface area contributed by atoms with Crippen LogP contribution >= 0.6 is 23.2 Å². The Labute approximate surface area is 191 Å². The second kappa shape index (κ2) is 10.6. The lowest BCUT2D eigenvalue weighted by molar-refractivity contribution is -0.112. The molecule has 31 heavy (non-hydrogen) atoms. The lowest BCUT2D eigenvalue weighted by atomic mass is 10.1. The van der Waals surface area contributed by atoms with Crippen molar-refractivity contribution in [3.63, 3.8) is 0 Å². The summed E-state index contributed by atoms with van der Waals surface area (Å²) in [6, 6.07) is 19.8. The number of halogens is 2. The number of rotatable bonds is 6. The van der Waals surface area contributed by atoms with Gasteiger partial charge in [-0.05, 0) is 60.0 Å². The highest BCUT2D eigenvalue weighted by Crippen LogP contribution is 2.24. The number of hydrogen-bond donors (Lipinski definition) is 2. The van der Waals surface area contributed by atoms with Crippen LogP contribution in [0.5, 0.6) is 0 Å². The molecule has 2 amide bonds. The quantitative estimate of drug-likeness (QED) is 0.415. The molecule has 0 heterocycles. The van der Waals surface area contributed by atoms with Crippen molar-refractivity contribution in [2.75, 3.05) is 10.6 Å². The van der Waals surface area contributed by atoms with Gasteiger partial charge in [-0.3, -0.25) is 9.59 Å². The molecule has 0 unspecified atom stereocenters. The molecule has 0 aliphatic heterocycles. The summed E-state index contributed by atoms with van der Waals surface area (Å²) in [7, 11) is 0.